The molecule has 8 nitrogen and oxygen atoms in total. The summed E-state index contributed by atoms with van der Waals surface area (Å²) in [5, 5.41) is 0.0235. The van der Waals surface area contributed by atoms with Crippen LogP contribution in [0.25, 0.3) is 11.0 Å². The molecule has 1 aliphatic rings. The van der Waals surface area contributed by atoms with E-state index in [2.05, 4.69) is 127 Å². The van der Waals surface area contributed by atoms with E-state index in [0.717, 1.165) is 0 Å². The summed E-state index contributed by atoms with van der Waals surface area (Å²) in [4.78, 5) is 20.0. The van der Waals surface area contributed by atoms with Gasteiger partial charge in [0.25, 0.3) is 5.56 Å². The number of nitrogens with one attached hydrogen (secondary N) is 1. The van der Waals surface area contributed by atoms with E-state index in [0.29, 0.717) is 22.4 Å². The van der Waals surface area contributed by atoms with E-state index in [-0.39, 0.29) is 32.9 Å². The third-order valence-electron chi connectivity index (χ3n) is 10.0. The second-order valence-corrected chi connectivity index (χ2v) is 31.1. The van der Waals surface area contributed by atoms with Gasteiger partial charge in [0.2, 0.25) is 0 Å². The molecular weight excluding hydrogens is 634 g/mol. The lowest BCUT2D eigenvalue weighted by molar-refractivity contribution is -0.0478. The van der Waals surface area contributed by atoms with Crippen LogP contribution in [0.4, 0.5) is 0 Å². The fraction of sp³-hybridized carbons (Fsp3) is 0.793. The van der Waals surface area contributed by atoms with Crippen molar-refractivity contribution in [2.24, 2.45) is 0 Å². The van der Waals surface area contributed by atoms with E-state index in [1.54, 1.807) is 6.20 Å². The van der Waals surface area contributed by atoms with Crippen molar-refractivity contribution in [1.29, 1.82) is 0 Å². The van der Waals surface area contributed by atoms with Crippen LogP contribution in [0.1, 0.15) is 68.5 Å². The first kappa shape index (κ1) is 34.9. The third-order valence-corrected chi connectivity index (χ3v) is 24.0. The van der Waals surface area contributed by atoms with Gasteiger partial charge in [-0.1, -0.05) is 62.3 Å². The van der Waals surface area contributed by atoms with Gasteiger partial charge in [0.05, 0.1) is 12.1 Å². The zero-order valence-corrected chi connectivity index (χ0v) is 32.6. The van der Waals surface area contributed by atoms with E-state index in [4.69, 9.17) is 18.0 Å². The molecule has 1 N–H and O–H groups in total. The number of pyridine rings is 1. The van der Waals surface area contributed by atoms with Crippen LogP contribution in [-0.4, -0.2) is 64.4 Å². The maximum Gasteiger partial charge on any atom is 0.276 e. The summed E-state index contributed by atoms with van der Waals surface area (Å²) < 4.78 is 30.7. The Morgan fingerprint density at radius 1 is 0.878 bits per heavy atom. The quantitative estimate of drug-likeness (QED) is 0.282. The van der Waals surface area contributed by atoms with Crippen molar-refractivity contribution >= 4 is 51.9 Å². The van der Waals surface area contributed by atoms with E-state index in [9.17, 15) is 4.79 Å². The number of rotatable bonds is 8. The van der Waals surface area contributed by atoms with Gasteiger partial charge in [0.15, 0.2) is 41.4 Å². The van der Waals surface area contributed by atoms with E-state index in [1.165, 1.54) is 0 Å². The molecule has 0 bridgehead atoms. The Morgan fingerprint density at radius 3 is 1.85 bits per heavy atom. The maximum absolute atomic E-state index is 12.7. The first-order valence-electron chi connectivity index (χ1n) is 14.7. The number of ether oxygens (including phenoxy) is 1. The smallest absolute Gasteiger partial charge is 0.276 e. The van der Waals surface area contributed by atoms with Gasteiger partial charge in [-0.2, -0.15) is 0 Å². The second kappa shape index (κ2) is 11.4. The van der Waals surface area contributed by atoms with Crippen LogP contribution in [0.3, 0.4) is 0 Å². The number of aromatic amines is 1. The lowest BCUT2D eigenvalue weighted by Crippen LogP contribution is -2.54. The van der Waals surface area contributed by atoms with Crippen LogP contribution >= 0.6 is 15.9 Å². The molecule has 0 saturated carbocycles. The number of H-pyrrole nitrogens is 1. The maximum atomic E-state index is 12.7. The van der Waals surface area contributed by atoms with Crippen molar-refractivity contribution in [2.45, 2.75) is 141 Å². The number of hydrogen-bond donors (Lipinski definition) is 1. The SMILES string of the molecule is CC(C)(C)[Si](C)(C)OCC1OC(n2c(Br)nc3c(=O)[nH]ccc32)C(O[Si](C)(C)C(C)(C)C)C1O[Si](C)(C)C(C)(C)C. The molecule has 4 unspecified atom stereocenters. The standard InChI is InChI=1S/C29H54BrN3O5Si3/c1-27(2,3)39(10,11)35-18-20-22(37-40(12,13)28(4,5)6)23(38-41(14,15)29(7,8)9)25(36-20)33-19-16-17-31-24(34)21(19)32-26(33)30/h16-17,20,22-23,25H,18H2,1-15H3,(H,31,34). The van der Waals surface area contributed by atoms with Gasteiger partial charge in [-0.3, -0.25) is 9.36 Å². The second-order valence-electron chi connectivity index (χ2n) is 16.1. The predicted octanol–water partition coefficient (Wildman–Crippen LogP) is 8.19. The molecule has 2 aromatic rings. The number of hydrogen-bond acceptors (Lipinski definition) is 6. The van der Waals surface area contributed by atoms with Gasteiger partial charge >= 0.3 is 0 Å². The van der Waals surface area contributed by atoms with Crippen LogP contribution in [-0.2, 0) is 18.0 Å². The molecule has 234 valence electrons. The van der Waals surface area contributed by atoms with Gasteiger partial charge in [-0.05, 0) is 76.4 Å². The molecule has 3 rings (SSSR count). The predicted molar refractivity (Wildman–Crippen MR) is 179 cm³/mol. The number of fused-ring (bicyclic) bond motifs is 1. The molecule has 0 radical (unpaired) electrons. The zero-order valence-electron chi connectivity index (χ0n) is 28.0. The van der Waals surface area contributed by atoms with Crippen molar-refractivity contribution in [3.63, 3.8) is 0 Å². The summed E-state index contributed by atoms with van der Waals surface area (Å²) >= 11 is 3.65. The lowest BCUT2D eigenvalue weighted by Gasteiger charge is -2.44. The molecule has 12 heteroatoms. The summed E-state index contributed by atoms with van der Waals surface area (Å²) in [5.41, 5.74) is 0.803. The van der Waals surface area contributed by atoms with Gasteiger partial charge in [0.1, 0.15) is 18.3 Å². The number of imidazole rings is 1. The van der Waals surface area contributed by atoms with Crippen LogP contribution in [0, 0.1) is 0 Å². The molecule has 0 amide bonds. The summed E-state index contributed by atoms with van der Waals surface area (Å²) in [6, 6.07) is 1.87. The molecule has 1 aliphatic heterocycles. The Bertz CT molecular complexity index is 1290. The molecule has 41 heavy (non-hydrogen) atoms. The van der Waals surface area contributed by atoms with Crippen molar-refractivity contribution in [3.8, 4) is 0 Å². The minimum atomic E-state index is -2.30. The minimum Gasteiger partial charge on any atom is -0.414 e. The normalized spacial score (nSPS) is 23.5. The van der Waals surface area contributed by atoms with Crippen LogP contribution in [0.2, 0.25) is 54.4 Å². The van der Waals surface area contributed by atoms with E-state index >= 15 is 0 Å². The fourth-order valence-corrected chi connectivity index (χ4v) is 8.30. The molecule has 3 heterocycles. The van der Waals surface area contributed by atoms with Crippen LogP contribution in [0.5, 0.6) is 0 Å². The summed E-state index contributed by atoms with van der Waals surface area (Å²) in [7, 11) is -6.63. The number of nitrogens with zero attached hydrogens (tertiary/aromatic N) is 2. The zero-order chi connectivity index (χ0) is 31.6. The number of halogens is 1. The average Bonchev–Trinajstić information content (AvgIpc) is 3.27. The van der Waals surface area contributed by atoms with E-state index < -0.39 is 37.3 Å². The average molecular weight is 689 g/mol. The summed E-state index contributed by atoms with van der Waals surface area (Å²) in [5.74, 6) is 0. The Morgan fingerprint density at radius 2 is 1.37 bits per heavy atom. The molecular formula is C29H54BrN3O5Si3. The Kier molecular flexibility index (Phi) is 9.69. The molecule has 2 aromatic heterocycles. The largest absolute Gasteiger partial charge is 0.414 e. The highest BCUT2D eigenvalue weighted by Gasteiger charge is 2.55. The lowest BCUT2D eigenvalue weighted by atomic mass is 10.1. The monoisotopic (exact) mass is 687 g/mol. The van der Waals surface area contributed by atoms with Crippen molar-refractivity contribution in [2.75, 3.05) is 6.61 Å². The van der Waals surface area contributed by atoms with E-state index in [1.807, 2.05) is 10.6 Å². The Labute approximate surface area is 258 Å². The van der Waals surface area contributed by atoms with Crippen LogP contribution < -0.4 is 5.56 Å². The van der Waals surface area contributed by atoms with Gasteiger partial charge < -0.3 is 23.0 Å². The first-order valence-corrected chi connectivity index (χ1v) is 24.2. The highest BCUT2D eigenvalue weighted by Crippen LogP contribution is 2.47. The highest BCUT2D eigenvalue weighted by atomic mass is 79.9. The summed E-state index contributed by atoms with van der Waals surface area (Å²) in [6.45, 7) is 34.2. The topological polar surface area (TPSA) is 87.6 Å². The number of aromatic nitrogens is 3. The molecule has 0 aromatic carbocycles. The first-order chi connectivity index (χ1) is 18.3. The molecule has 1 fully saturated rings. The van der Waals surface area contributed by atoms with Gasteiger partial charge in [-0.15, -0.1) is 0 Å². The molecule has 1 saturated heterocycles. The minimum absolute atomic E-state index is 0.00692. The fourth-order valence-electron chi connectivity index (χ4n) is 4.11. The third kappa shape index (κ3) is 7.05. The highest BCUT2D eigenvalue weighted by molar-refractivity contribution is 9.10. The Hall–Kier alpha value is -0.609. The van der Waals surface area contributed by atoms with Crippen molar-refractivity contribution in [1.82, 2.24) is 14.5 Å². The van der Waals surface area contributed by atoms with Crippen molar-refractivity contribution in [3.05, 3.63) is 27.4 Å². The van der Waals surface area contributed by atoms with Crippen molar-refractivity contribution < 1.29 is 18.0 Å². The molecule has 0 spiro atoms. The van der Waals surface area contributed by atoms with Gasteiger partial charge in [-0.25, -0.2) is 4.98 Å². The van der Waals surface area contributed by atoms with Gasteiger partial charge in [0, 0.05) is 6.20 Å². The molecule has 4 atom stereocenters. The summed E-state index contributed by atoms with van der Waals surface area (Å²) in [6.07, 6.45) is -0.0510. The Balaban J connectivity index is 2.20. The molecule has 0 aliphatic carbocycles. The van der Waals surface area contributed by atoms with Crippen LogP contribution in [0.15, 0.2) is 21.8 Å².